The average Bonchev–Trinajstić information content (AvgIpc) is 2.69. The number of aromatic nitrogens is 2. The molecule has 0 aliphatic carbocycles. The Kier molecular flexibility index (Phi) is 2.89. The van der Waals surface area contributed by atoms with Crippen LogP contribution in [0, 0.1) is 0 Å². The van der Waals surface area contributed by atoms with Crippen molar-refractivity contribution in [2.75, 3.05) is 18.0 Å². The van der Waals surface area contributed by atoms with Crippen LogP contribution in [0.25, 0.3) is 0 Å². The van der Waals surface area contributed by atoms with Gasteiger partial charge in [0.15, 0.2) is 0 Å². The van der Waals surface area contributed by atoms with Crippen LogP contribution in [0.5, 0.6) is 0 Å². The topological polar surface area (TPSA) is 29.0 Å². The zero-order valence-electron chi connectivity index (χ0n) is 7.46. The zero-order chi connectivity index (χ0) is 11.1. The predicted octanol–water partition coefficient (Wildman–Crippen LogP) is 2.53. The minimum absolute atomic E-state index is 0.329. The van der Waals surface area contributed by atoms with E-state index >= 15 is 0 Å². The Hall–Kier alpha value is -0.370. The summed E-state index contributed by atoms with van der Waals surface area (Å²) in [6, 6.07) is 0. The Morgan fingerprint density at radius 1 is 1.47 bits per heavy atom. The molecule has 1 fully saturated rings. The highest BCUT2D eigenvalue weighted by atomic mass is 79.9. The van der Waals surface area contributed by atoms with E-state index in [-0.39, 0.29) is 0 Å². The number of rotatable bonds is 1. The van der Waals surface area contributed by atoms with Gasteiger partial charge in [0.25, 0.3) is 0 Å². The van der Waals surface area contributed by atoms with Crippen LogP contribution in [0.15, 0.2) is 0 Å². The Morgan fingerprint density at radius 2 is 2.20 bits per heavy atom. The molecule has 0 spiro atoms. The molecule has 1 unspecified atom stereocenters. The van der Waals surface area contributed by atoms with E-state index in [2.05, 4.69) is 25.3 Å². The van der Waals surface area contributed by atoms with Crippen molar-refractivity contribution in [1.82, 2.24) is 9.36 Å². The molecule has 0 amide bonds. The third-order valence-corrected chi connectivity index (χ3v) is 3.59. The summed E-state index contributed by atoms with van der Waals surface area (Å²) < 4.78 is 40.0. The third-order valence-electron chi connectivity index (χ3n) is 2.07. The zero-order valence-corrected chi connectivity index (χ0v) is 9.86. The van der Waals surface area contributed by atoms with Gasteiger partial charge in [-0.25, -0.2) is 0 Å². The molecule has 0 N–H and O–H groups in total. The van der Waals surface area contributed by atoms with Gasteiger partial charge >= 0.3 is 6.18 Å². The van der Waals surface area contributed by atoms with Crippen molar-refractivity contribution >= 4 is 32.6 Å². The first-order chi connectivity index (χ1) is 6.97. The standard InChI is InChI=1S/C7H7BrF3N3S/c8-4-1-2-14(3-4)6-12-5(13-15-6)7(9,10)11/h4H,1-3H2. The van der Waals surface area contributed by atoms with Crippen molar-refractivity contribution in [2.45, 2.75) is 17.4 Å². The Morgan fingerprint density at radius 3 is 2.67 bits per heavy atom. The molecule has 0 aromatic carbocycles. The van der Waals surface area contributed by atoms with Crippen LogP contribution in [-0.4, -0.2) is 27.3 Å². The second kappa shape index (κ2) is 3.89. The van der Waals surface area contributed by atoms with E-state index in [1.807, 2.05) is 4.90 Å². The number of alkyl halides is 4. The van der Waals surface area contributed by atoms with Crippen LogP contribution in [0.1, 0.15) is 12.2 Å². The summed E-state index contributed by atoms with van der Waals surface area (Å²) in [5, 5.41) is 0.351. The lowest BCUT2D eigenvalue weighted by atomic mass is 10.4. The number of hydrogen-bond donors (Lipinski definition) is 0. The summed E-state index contributed by atoms with van der Waals surface area (Å²) in [7, 11) is 0. The van der Waals surface area contributed by atoms with Gasteiger partial charge in [0.1, 0.15) is 0 Å². The third kappa shape index (κ3) is 2.41. The quantitative estimate of drug-likeness (QED) is 0.747. The Balaban J connectivity index is 2.14. The molecule has 1 aliphatic heterocycles. The molecule has 0 saturated carbocycles. The molecule has 1 atom stereocenters. The van der Waals surface area contributed by atoms with E-state index in [0.717, 1.165) is 24.5 Å². The van der Waals surface area contributed by atoms with Gasteiger partial charge in [0, 0.05) is 29.4 Å². The summed E-state index contributed by atoms with van der Waals surface area (Å²) in [6.07, 6.45) is -3.52. The molecule has 1 aromatic heterocycles. The molecule has 1 saturated heterocycles. The van der Waals surface area contributed by atoms with Crippen LogP contribution in [-0.2, 0) is 6.18 Å². The molecule has 84 valence electrons. The van der Waals surface area contributed by atoms with Gasteiger partial charge in [0.2, 0.25) is 11.0 Å². The fraction of sp³-hybridized carbons (Fsp3) is 0.714. The van der Waals surface area contributed by atoms with Gasteiger partial charge in [-0.05, 0) is 6.42 Å². The van der Waals surface area contributed by atoms with Crippen LogP contribution >= 0.6 is 27.5 Å². The second-order valence-corrected chi connectivity index (χ2v) is 5.26. The molecule has 3 nitrogen and oxygen atoms in total. The smallest absolute Gasteiger partial charge is 0.346 e. The van der Waals surface area contributed by atoms with Crippen LogP contribution in [0.3, 0.4) is 0 Å². The van der Waals surface area contributed by atoms with Crippen molar-refractivity contribution in [3.8, 4) is 0 Å². The number of nitrogens with zero attached hydrogens (tertiary/aromatic N) is 3. The maximum Gasteiger partial charge on any atom is 0.452 e. The lowest BCUT2D eigenvalue weighted by Crippen LogP contribution is -2.19. The summed E-state index contributed by atoms with van der Waals surface area (Å²) in [5.74, 6) is -1.04. The summed E-state index contributed by atoms with van der Waals surface area (Å²) in [6.45, 7) is 1.41. The largest absolute Gasteiger partial charge is 0.452 e. The average molecular weight is 302 g/mol. The molecule has 0 radical (unpaired) electrons. The SMILES string of the molecule is FC(F)(F)c1nsc(N2CCC(Br)C2)n1. The van der Waals surface area contributed by atoms with Crippen LogP contribution in [0.4, 0.5) is 18.3 Å². The lowest BCUT2D eigenvalue weighted by Gasteiger charge is -2.12. The van der Waals surface area contributed by atoms with Crippen molar-refractivity contribution in [1.29, 1.82) is 0 Å². The molecule has 1 aliphatic rings. The van der Waals surface area contributed by atoms with E-state index < -0.39 is 12.0 Å². The minimum Gasteiger partial charge on any atom is -0.346 e. The van der Waals surface area contributed by atoms with E-state index in [4.69, 9.17) is 0 Å². The first kappa shape index (κ1) is 11.1. The molecule has 2 rings (SSSR count). The first-order valence-corrected chi connectivity index (χ1v) is 5.95. The number of halogens is 4. The van der Waals surface area contributed by atoms with E-state index in [1.54, 1.807) is 0 Å². The fourth-order valence-corrected chi connectivity index (χ4v) is 2.63. The lowest BCUT2D eigenvalue weighted by molar-refractivity contribution is -0.144. The molecule has 2 heterocycles. The van der Waals surface area contributed by atoms with Crippen molar-refractivity contribution in [2.24, 2.45) is 0 Å². The van der Waals surface area contributed by atoms with Crippen molar-refractivity contribution in [3.05, 3.63) is 5.82 Å². The van der Waals surface area contributed by atoms with Crippen molar-refractivity contribution < 1.29 is 13.2 Å². The van der Waals surface area contributed by atoms with Crippen molar-refractivity contribution in [3.63, 3.8) is 0 Å². The molecule has 8 heteroatoms. The maximum absolute atomic E-state index is 12.2. The molecule has 1 aromatic rings. The molecule has 0 bridgehead atoms. The van der Waals surface area contributed by atoms with Gasteiger partial charge in [-0.1, -0.05) is 15.9 Å². The van der Waals surface area contributed by atoms with Gasteiger partial charge in [-0.2, -0.15) is 22.5 Å². The molecular weight excluding hydrogens is 295 g/mol. The highest BCUT2D eigenvalue weighted by Gasteiger charge is 2.37. The van der Waals surface area contributed by atoms with Gasteiger partial charge in [-0.15, -0.1) is 0 Å². The van der Waals surface area contributed by atoms with E-state index in [9.17, 15) is 13.2 Å². The summed E-state index contributed by atoms with van der Waals surface area (Å²) in [5.41, 5.74) is 0. The minimum atomic E-state index is -4.44. The molecular formula is C7H7BrF3N3S. The van der Waals surface area contributed by atoms with Gasteiger partial charge in [0.05, 0.1) is 0 Å². The number of anilines is 1. The second-order valence-electron chi connectivity index (χ2n) is 3.23. The normalized spacial score (nSPS) is 22.4. The molecule has 15 heavy (non-hydrogen) atoms. The van der Waals surface area contributed by atoms with Crippen LogP contribution < -0.4 is 4.90 Å². The highest BCUT2D eigenvalue weighted by Crippen LogP contribution is 2.32. The van der Waals surface area contributed by atoms with Gasteiger partial charge < -0.3 is 4.90 Å². The van der Waals surface area contributed by atoms with Gasteiger partial charge in [-0.3, -0.25) is 0 Å². The Labute approximate surface area is 96.6 Å². The fourth-order valence-electron chi connectivity index (χ4n) is 1.35. The van der Waals surface area contributed by atoms with E-state index in [0.29, 0.717) is 16.5 Å². The maximum atomic E-state index is 12.2. The Bertz CT molecular complexity index is 353. The van der Waals surface area contributed by atoms with E-state index in [1.165, 1.54) is 0 Å². The monoisotopic (exact) mass is 301 g/mol. The highest BCUT2D eigenvalue weighted by molar-refractivity contribution is 9.09. The first-order valence-electron chi connectivity index (χ1n) is 4.27. The summed E-state index contributed by atoms with van der Waals surface area (Å²) >= 11 is 4.21. The predicted molar refractivity (Wildman–Crippen MR) is 54.5 cm³/mol. The summed E-state index contributed by atoms with van der Waals surface area (Å²) in [4.78, 5) is 5.63. The number of hydrogen-bond acceptors (Lipinski definition) is 4. The van der Waals surface area contributed by atoms with Crippen LogP contribution in [0.2, 0.25) is 0 Å².